The van der Waals surface area contributed by atoms with Gasteiger partial charge in [-0.25, -0.2) is 0 Å². The number of nitrogens with one attached hydrogen (secondary N) is 1. The van der Waals surface area contributed by atoms with Crippen molar-refractivity contribution in [2.45, 2.75) is 6.61 Å². The molecule has 37 heavy (non-hydrogen) atoms. The van der Waals surface area contributed by atoms with E-state index >= 15 is 0 Å². The van der Waals surface area contributed by atoms with E-state index in [0.29, 0.717) is 23.9 Å². The maximum absolute atomic E-state index is 5.91. The van der Waals surface area contributed by atoms with Gasteiger partial charge in [-0.05, 0) is 59.5 Å². The monoisotopic (exact) mass is 492 g/mol. The Bertz CT molecular complexity index is 1540. The lowest BCUT2D eigenvalue weighted by Gasteiger charge is -2.14. The standard InChI is InChI=1S/C30H28N4O3/c1-34-15-13-22-9-7-21(16-28(22)34)8-10-23-17-24(33-32-23)11-12-27-29(35-2)18-26(19-30(27)36-3)37-20-25-6-4-5-14-31-25/h4-19H,20H2,1-3H3,(H,32,33). The highest BCUT2D eigenvalue weighted by atomic mass is 16.5. The van der Waals surface area contributed by atoms with E-state index in [2.05, 4.69) is 63.3 Å². The third-order valence-corrected chi connectivity index (χ3v) is 6.04. The Morgan fingerprint density at radius 2 is 1.73 bits per heavy atom. The Balaban J connectivity index is 1.31. The Labute approximate surface area is 215 Å². The molecule has 0 saturated carbocycles. The van der Waals surface area contributed by atoms with Crippen LogP contribution in [0.15, 0.2) is 73.1 Å². The van der Waals surface area contributed by atoms with Crippen LogP contribution in [0, 0.1) is 0 Å². The largest absolute Gasteiger partial charge is 0.496 e. The van der Waals surface area contributed by atoms with Crippen molar-refractivity contribution in [3.8, 4) is 17.2 Å². The summed E-state index contributed by atoms with van der Waals surface area (Å²) in [7, 11) is 5.30. The summed E-state index contributed by atoms with van der Waals surface area (Å²) in [4.78, 5) is 4.29. The fourth-order valence-corrected chi connectivity index (χ4v) is 4.06. The number of aromatic amines is 1. The Morgan fingerprint density at radius 3 is 2.49 bits per heavy atom. The number of aryl methyl sites for hydroxylation is 1. The van der Waals surface area contributed by atoms with Crippen LogP contribution < -0.4 is 14.2 Å². The number of rotatable bonds is 9. The van der Waals surface area contributed by atoms with Gasteiger partial charge in [0.05, 0.1) is 36.9 Å². The van der Waals surface area contributed by atoms with Crippen molar-refractivity contribution in [2.75, 3.05) is 14.2 Å². The molecule has 7 nitrogen and oxygen atoms in total. The van der Waals surface area contributed by atoms with Crippen LogP contribution in [-0.2, 0) is 13.7 Å². The van der Waals surface area contributed by atoms with Gasteiger partial charge in [-0.2, -0.15) is 5.10 Å². The summed E-state index contributed by atoms with van der Waals surface area (Å²) in [5.74, 6) is 1.91. The number of nitrogens with zero attached hydrogens (tertiary/aromatic N) is 3. The van der Waals surface area contributed by atoms with Crippen molar-refractivity contribution in [3.05, 3.63) is 101 Å². The topological polar surface area (TPSA) is 74.2 Å². The minimum absolute atomic E-state index is 0.352. The highest BCUT2D eigenvalue weighted by Gasteiger charge is 2.12. The molecule has 0 bridgehead atoms. The van der Waals surface area contributed by atoms with Crippen LogP contribution in [-0.4, -0.2) is 34.0 Å². The van der Waals surface area contributed by atoms with Gasteiger partial charge in [-0.1, -0.05) is 24.3 Å². The minimum Gasteiger partial charge on any atom is -0.496 e. The van der Waals surface area contributed by atoms with Crippen LogP contribution in [0.2, 0.25) is 0 Å². The molecule has 0 amide bonds. The lowest BCUT2D eigenvalue weighted by Crippen LogP contribution is -2.00. The molecule has 0 atom stereocenters. The zero-order valence-corrected chi connectivity index (χ0v) is 21.0. The lowest BCUT2D eigenvalue weighted by atomic mass is 10.1. The van der Waals surface area contributed by atoms with Gasteiger partial charge < -0.3 is 18.8 Å². The van der Waals surface area contributed by atoms with Gasteiger partial charge in [0.2, 0.25) is 0 Å². The molecule has 0 saturated heterocycles. The van der Waals surface area contributed by atoms with E-state index in [1.165, 1.54) is 10.9 Å². The molecule has 0 aliphatic rings. The molecule has 0 aliphatic heterocycles. The van der Waals surface area contributed by atoms with Gasteiger partial charge in [-0.3, -0.25) is 10.1 Å². The molecule has 2 aromatic carbocycles. The number of benzene rings is 2. The number of hydrogen-bond donors (Lipinski definition) is 1. The van der Waals surface area contributed by atoms with E-state index in [1.54, 1.807) is 20.4 Å². The van der Waals surface area contributed by atoms with E-state index in [-0.39, 0.29) is 0 Å². The van der Waals surface area contributed by atoms with Gasteiger partial charge >= 0.3 is 0 Å². The minimum atomic E-state index is 0.352. The second-order valence-corrected chi connectivity index (χ2v) is 8.51. The molecule has 0 aliphatic carbocycles. The third kappa shape index (κ3) is 5.56. The number of methoxy groups -OCH3 is 2. The average Bonchev–Trinajstić information content (AvgIpc) is 3.56. The van der Waals surface area contributed by atoms with Gasteiger partial charge in [0.15, 0.2) is 0 Å². The highest BCUT2D eigenvalue weighted by molar-refractivity contribution is 5.84. The molecule has 7 heteroatoms. The van der Waals surface area contributed by atoms with Crippen LogP contribution >= 0.6 is 0 Å². The van der Waals surface area contributed by atoms with Crippen molar-refractivity contribution in [3.63, 3.8) is 0 Å². The number of H-pyrrole nitrogens is 1. The van der Waals surface area contributed by atoms with Crippen LogP contribution in [0.1, 0.15) is 28.2 Å². The first-order valence-corrected chi connectivity index (χ1v) is 11.9. The zero-order valence-electron chi connectivity index (χ0n) is 21.0. The molecule has 1 N–H and O–H groups in total. The molecular formula is C30H28N4O3. The van der Waals surface area contributed by atoms with E-state index in [0.717, 1.165) is 28.2 Å². The number of pyridine rings is 1. The molecule has 3 heterocycles. The fraction of sp³-hybridized carbons (Fsp3) is 0.133. The molecule has 5 rings (SSSR count). The van der Waals surface area contributed by atoms with E-state index in [4.69, 9.17) is 14.2 Å². The van der Waals surface area contributed by atoms with Gasteiger partial charge in [-0.15, -0.1) is 0 Å². The first-order valence-electron chi connectivity index (χ1n) is 11.9. The Kier molecular flexibility index (Phi) is 7.03. The molecule has 3 aromatic heterocycles. The average molecular weight is 493 g/mol. The normalized spacial score (nSPS) is 11.5. The molecule has 5 aromatic rings. The summed E-state index contributed by atoms with van der Waals surface area (Å²) in [5, 5.41) is 8.71. The van der Waals surface area contributed by atoms with E-state index < -0.39 is 0 Å². The summed E-state index contributed by atoms with van der Waals surface area (Å²) in [6.45, 7) is 0.352. The predicted octanol–water partition coefficient (Wildman–Crippen LogP) is 6.23. The first kappa shape index (κ1) is 23.9. The van der Waals surface area contributed by atoms with E-state index in [9.17, 15) is 0 Å². The maximum atomic E-state index is 5.91. The molecule has 0 unspecified atom stereocenters. The Hall–Kier alpha value is -4.78. The van der Waals surface area contributed by atoms with Crippen molar-refractivity contribution >= 4 is 35.2 Å². The fourth-order valence-electron chi connectivity index (χ4n) is 4.06. The Morgan fingerprint density at radius 1 is 0.892 bits per heavy atom. The van der Waals surface area contributed by atoms with Crippen LogP contribution in [0.5, 0.6) is 17.2 Å². The summed E-state index contributed by atoms with van der Waals surface area (Å²) < 4.78 is 19.3. The van der Waals surface area contributed by atoms with Gasteiger partial charge in [0.1, 0.15) is 23.9 Å². The number of ether oxygens (including phenoxy) is 3. The maximum Gasteiger partial charge on any atom is 0.133 e. The van der Waals surface area contributed by atoms with Crippen molar-refractivity contribution < 1.29 is 14.2 Å². The van der Waals surface area contributed by atoms with Crippen molar-refractivity contribution in [1.29, 1.82) is 0 Å². The SMILES string of the molecule is COc1cc(OCc2ccccn2)cc(OC)c1C=Cc1cc(C=Cc2ccc3ccn(C)c3c2)[nH]n1. The zero-order chi connectivity index (χ0) is 25.6. The third-order valence-electron chi connectivity index (χ3n) is 6.04. The number of fused-ring (bicyclic) bond motifs is 1. The number of hydrogen-bond acceptors (Lipinski definition) is 5. The van der Waals surface area contributed by atoms with Gasteiger partial charge in [0, 0.05) is 37.1 Å². The quantitative estimate of drug-likeness (QED) is 0.264. The van der Waals surface area contributed by atoms with Crippen LogP contribution in [0.4, 0.5) is 0 Å². The molecule has 0 radical (unpaired) electrons. The predicted molar refractivity (Wildman–Crippen MR) is 147 cm³/mol. The highest BCUT2D eigenvalue weighted by Crippen LogP contribution is 2.36. The second kappa shape index (κ2) is 10.9. The smallest absolute Gasteiger partial charge is 0.133 e. The number of aromatic nitrogens is 4. The van der Waals surface area contributed by atoms with Crippen molar-refractivity contribution in [1.82, 2.24) is 19.7 Å². The summed E-state index contributed by atoms with van der Waals surface area (Å²) >= 11 is 0. The molecular weight excluding hydrogens is 464 g/mol. The van der Waals surface area contributed by atoms with Crippen molar-refractivity contribution in [2.24, 2.45) is 7.05 Å². The molecule has 0 spiro atoms. The summed E-state index contributed by atoms with van der Waals surface area (Å²) in [5.41, 5.74) is 5.66. The van der Waals surface area contributed by atoms with Crippen LogP contribution in [0.3, 0.4) is 0 Å². The molecule has 186 valence electrons. The van der Waals surface area contributed by atoms with E-state index in [1.807, 2.05) is 54.6 Å². The molecule has 0 fully saturated rings. The second-order valence-electron chi connectivity index (χ2n) is 8.51. The summed E-state index contributed by atoms with van der Waals surface area (Å²) in [6.07, 6.45) is 11.7. The van der Waals surface area contributed by atoms with Gasteiger partial charge in [0.25, 0.3) is 0 Å². The first-order chi connectivity index (χ1) is 18.1. The summed E-state index contributed by atoms with van der Waals surface area (Å²) in [6, 6.07) is 19.9. The lowest BCUT2D eigenvalue weighted by molar-refractivity contribution is 0.296. The van der Waals surface area contributed by atoms with Crippen LogP contribution in [0.25, 0.3) is 35.2 Å².